The van der Waals surface area contributed by atoms with Crippen LogP contribution in [0, 0.1) is 6.92 Å². The Hall–Kier alpha value is -5.11. The Morgan fingerprint density at radius 3 is 2.57 bits per heavy atom. The van der Waals surface area contributed by atoms with E-state index in [1.54, 1.807) is 55.7 Å². The molecule has 0 bridgehead atoms. The second kappa shape index (κ2) is 9.87. The molecular formula is C29H21N3O5. The van der Waals surface area contributed by atoms with Crippen molar-refractivity contribution in [2.75, 3.05) is 7.11 Å². The SMILES string of the molecule is COC(=O)c1nc(C)oc1-c1ccc2[nH]c(=O)c(C(=O)/C=C/c3ccccc3)c(-c3cccnc3)c2c1. The van der Waals surface area contributed by atoms with Gasteiger partial charge in [0.05, 0.1) is 12.7 Å². The summed E-state index contributed by atoms with van der Waals surface area (Å²) in [5.74, 6) is -0.567. The topological polar surface area (TPSA) is 115 Å². The molecule has 5 aromatic rings. The average molecular weight is 492 g/mol. The first-order valence-corrected chi connectivity index (χ1v) is 11.4. The average Bonchev–Trinajstić information content (AvgIpc) is 3.33. The monoisotopic (exact) mass is 491 g/mol. The Balaban J connectivity index is 1.75. The lowest BCUT2D eigenvalue weighted by Gasteiger charge is -2.12. The molecule has 0 atom stereocenters. The minimum Gasteiger partial charge on any atom is -0.464 e. The normalized spacial score (nSPS) is 11.2. The molecule has 0 fully saturated rings. The van der Waals surface area contributed by atoms with Gasteiger partial charge >= 0.3 is 5.97 Å². The molecule has 0 aliphatic carbocycles. The number of aryl methyl sites for hydroxylation is 1. The van der Waals surface area contributed by atoms with Gasteiger partial charge in [-0.1, -0.05) is 42.5 Å². The summed E-state index contributed by atoms with van der Waals surface area (Å²) in [5, 5.41) is 0.575. The first-order valence-electron chi connectivity index (χ1n) is 11.4. The van der Waals surface area contributed by atoms with Crippen LogP contribution < -0.4 is 5.56 Å². The number of ether oxygens (including phenoxy) is 1. The van der Waals surface area contributed by atoms with E-state index < -0.39 is 17.3 Å². The number of esters is 1. The fraction of sp³-hybridized carbons (Fsp3) is 0.0690. The highest BCUT2D eigenvalue weighted by Gasteiger charge is 2.24. The van der Waals surface area contributed by atoms with Crippen molar-refractivity contribution in [2.45, 2.75) is 6.92 Å². The maximum absolute atomic E-state index is 13.4. The van der Waals surface area contributed by atoms with E-state index in [9.17, 15) is 14.4 Å². The number of pyridine rings is 2. The number of hydrogen-bond donors (Lipinski definition) is 1. The van der Waals surface area contributed by atoms with E-state index in [0.29, 0.717) is 33.5 Å². The highest BCUT2D eigenvalue weighted by atomic mass is 16.5. The Labute approximate surface area is 211 Å². The minimum absolute atomic E-state index is 0.0215. The number of carbonyl (C=O) groups is 2. The van der Waals surface area contributed by atoms with Crippen molar-refractivity contribution in [3.05, 3.63) is 112 Å². The fourth-order valence-corrected chi connectivity index (χ4v) is 4.16. The zero-order chi connectivity index (χ0) is 25.9. The number of fused-ring (bicyclic) bond motifs is 1. The summed E-state index contributed by atoms with van der Waals surface area (Å²) in [6.07, 6.45) is 6.25. The molecule has 3 heterocycles. The number of methoxy groups -OCH3 is 1. The zero-order valence-electron chi connectivity index (χ0n) is 20.0. The lowest BCUT2D eigenvalue weighted by Crippen LogP contribution is -2.18. The highest BCUT2D eigenvalue weighted by Crippen LogP contribution is 2.34. The molecule has 0 amide bonds. The van der Waals surface area contributed by atoms with Gasteiger partial charge in [-0.2, -0.15) is 0 Å². The molecule has 0 saturated heterocycles. The smallest absolute Gasteiger partial charge is 0.360 e. The fourth-order valence-electron chi connectivity index (χ4n) is 4.16. The summed E-state index contributed by atoms with van der Waals surface area (Å²) < 4.78 is 10.6. The third kappa shape index (κ3) is 4.60. The molecule has 37 heavy (non-hydrogen) atoms. The third-order valence-electron chi connectivity index (χ3n) is 5.81. The summed E-state index contributed by atoms with van der Waals surface area (Å²) in [6, 6.07) is 18.0. The molecule has 1 N–H and O–H groups in total. The second-order valence-corrected chi connectivity index (χ2v) is 8.22. The van der Waals surface area contributed by atoms with Gasteiger partial charge < -0.3 is 14.1 Å². The number of oxazole rings is 1. The van der Waals surface area contributed by atoms with Gasteiger partial charge in [-0.15, -0.1) is 0 Å². The summed E-state index contributed by atoms with van der Waals surface area (Å²) in [4.78, 5) is 50.1. The molecule has 8 heteroatoms. The van der Waals surface area contributed by atoms with Crippen molar-refractivity contribution in [1.29, 1.82) is 0 Å². The van der Waals surface area contributed by atoms with Crippen LogP contribution in [0.4, 0.5) is 0 Å². The molecule has 3 aromatic heterocycles. The van der Waals surface area contributed by atoms with Crippen LogP contribution in [0.5, 0.6) is 0 Å². The number of carbonyl (C=O) groups excluding carboxylic acids is 2. The van der Waals surface area contributed by atoms with E-state index in [2.05, 4.69) is 15.0 Å². The number of nitrogens with zero attached hydrogens (tertiary/aromatic N) is 2. The van der Waals surface area contributed by atoms with Crippen LogP contribution in [0.3, 0.4) is 0 Å². The standard InChI is InChI=1S/C29H21N3O5/c1-17-31-26(29(35)36-2)27(37-17)19-11-12-22-21(15-19)24(20-9-6-14-30-16-20)25(28(34)32-22)23(33)13-10-18-7-4-3-5-8-18/h3-16H,1-2H3,(H,32,34)/b13-10+. The lowest BCUT2D eigenvalue weighted by molar-refractivity contribution is 0.0595. The van der Waals surface area contributed by atoms with Crippen molar-refractivity contribution in [3.8, 4) is 22.5 Å². The number of allylic oxidation sites excluding steroid dienone is 1. The Bertz CT molecular complexity index is 1720. The molecule has 0 unspecified atom stereocenters. The van der Waals surface area contributed by atoms with Crippen molar-refractivity contribution in [3.63, 3.8) is 0 Å². The second-order valence-electron chi connectivity index (χ2n) is 8.22. The van der Waals surface area contributed by atoms with E-state index in [1.807, 2.05) is 30.3 Å². The van der Waals surface area contributed by atoms with E-state index in [-0.39, 0.29) is 17.0 Å². The Morgan fingerprint density at radius 1 is 1.03 bits per heavy atom. The van der Waals surface area contributed by atoms with Crippen LogP contribution in [-0.2, 0) is 4.74 Å². The maximum Gasteiger partial charge on any atom is 0.360 e. The molecule has 0 spiro atoms. The van der Waals surface area contributed by atoms with Crippen LogP contribution in [0.2, 0.25) is 0 Å². The zero-order valence-corrected chi connectivity index (χ0v) is 20.0. The molecule has 5 rings (SSSR count). The number of benzene rings is 2. The molecule has 8 nitrogen and oxygen atoms in total. The Kier molecular flexibility index (Phi) is 6.30. The van der Waals surface area contributed by atoms with E-state index >= 15 is 0 Å². The predicted molar refractivity (Wildman–Crippen MR) is 139 cm³/mol. The Morgan fingerprint density at radius 2 is 1.84 bits per heavy atom. The quantitative estimate of drug-likeness (QED) is 0.196. The molecule has 0 radical (unpaired) electrons. The van der Waals surface area contributed by atoms with Crippen LogP contribution in [0.25, 0.3) is 39.4 Å². The van der Waals surface area contributed by atoms with E-state index in [1.165, 1.54) is 13.2 Å². The number of ketones is 1. The van der Waals surface area contributed by atoms with Crippen molar-refractivity contribution in [2.24, 2.45) is 0 Å². The number of aromatic nitrogens is 3. The van der Waals surface area contributed by atoms with Crippen LogP contribution in [0.15, 0.2) is 88.3 Å². The van der Waals surface area contributed by atoms with Gasteiger partial charge in [0, 0.05) is 46.9 Å². The van der Waals surface area contributed by atoms with Crippen molar-refractivity contribution in [1.82, 2.24) is 15.0 Å². The summed E-state index contributed by atoms with van der Waals surface area (Å²) in [6.45, 7) is 1.63. The molecule has 2 aromatic carbocycles. The van der Waals surface area contributed by atoms with Gasteiger partial charge in [0.2, 0.25) is 0 Å². The minimum atomic E-state index is -0.636. The molecule has 0 aliphatic heterocycles. The number of hydrogen-bond acceptors (Lipinski definition) is 7. The van der Waals surface area contributed by atoms with Crippen LogP contribution in [0.1, 0.15) is 32.3 Å². The summed E-state index contributed by atoms with van der Waals surface area (Å²) >= 11 is 0. The van der Waals surface area contributed by atoms with Gasteiger partial charge in [-0.3, -0.25) is 14.6 Å². The maximum atomic E-state index is 13.4. The van der Waals surface area contributed by atoms with Gasteiger partial charge in [-0.05, 0) is 35.9 Å². The molecule has 0 saturated carbocycles. The summed E-state index contributed by atoms with van der Waals surface area (Å²) in [7, 11) is 1.27. The van der Waals surface area contributed by atoms with Crippen molar-refractivity contribution >= 4 is 28.7 Å². The van der Waals surface area contributed by atoms with Gasteiger partial charge in [0.25, 0.3) is 5.56 Å². The lowest BCUT2D eigenvalue weighted by atomic mass is 9.93. The van der Waals surface area contributed by atoms with E-state index in [0.717, 1.165) is 5.56 Å². The van der Waals surface area contributed by atoms with E-state index in [4.69, 9.17) is 9.15 Å². The molecular weight excluding hydrogens is 470 g/mol. The highest BCUT2D eigenvalue weighted by molar-refractivity contribution is 6.15. The van der Waals surface area contributed by atoms with Gasteiger partial charge in [-0.25, -0.2) is 9.78 Å². The van der Waals surface area contributed by atoms with Crippen LogP contribution in [-0.4, -0.2) is 33.8 Å². The largest absolute Gasteiger partial charge is 0.464 e. The number of aromatic amines is 1. The van der Waals surface area contributed by atoms with Gasteiger partial charge in [0.1, 0.15) is 0 Å². The third-order valence-corrected chi connectivity index (χ3v) is 5.81. The van der Waals surface area contributed by atoms with Crippen LogP contribution >= 0.6 is 0 Å². The van der Waals surface area contributed by atoms with Gasteiger partial charge in [0.15, 0.2) is 23.1 Å². The first kappa shape index (κ1) is 23.6. The number of H-pyrrole nitrogens is 1. The molecule has 0 aliphatic rings. The summed E-state index contributed by atoms with van der Waals surface area (Å²) in [5.41, 5.74) is 2.37. The predicted octanol–water partition coefficient (Wildman–Crippen LogP) is 5.24. The molecule has 182 valence electrons. The number of nitrogens with one attached hydrogen (secondary N) is 1. The number of rotatable bonds is 6. The van der Waals surface area contributed by atoms with Crippen molar-refractivity contribution < 1.29 is 18.7 Å². The first-order chi connectivity index (χ1) is 18.0.